The van der Waals surface area contributed by atoms with Crippen LogP contribution in [0.2, 0.25) is 5.02 Å². The van der Waals surface area contributed by atoms with Gasteiger partial charge in [0.1, 0.15) is 5.75 Å². The Hall–Kier alpha value is -1.65. The SMILES string of the molecule is CCOc1ccc(C(=O)NC(C)CC)cc1CSc1ccc(Cl)cc1. The Morgan fingerprint density at radius 2 is 1.92 bits per heavy atom. The number of nitrogens with one attached hydrogen (secondary N) is 1. The van der Waals surface area contributed by atoms with Crippen molar-refractivity contribution in [2.45, 2.75) is 43.9 Å². The van der Waals surface area contributed by atoms with Gasteiger partial charge in [0.25, 0.3) is 5.91 Å². The summed E-state index contributed by atoms with van der Waals surface area (Å²) in [5, 5.41) is 3.73. The van der Waals surface area contributed by atoms with E-state index in [9.17, 15) is 4.79 Å². The predicted molar refractivity (Wildman–Crippen MR) is 106 cm³/mol. The minimum atomic E-state index is -0.0462. The third-order valence-electron chi connectivity index (χ3n) is 3.82. The van der Waals surface area contributed by atoms with E-state index in [4.69, 9.17) is 16.3 Å². The Labute approximate surface area is 159 Å². The summed E-state index contributed by atoms with van der Waals surface area (Å²) < 4.78 is 5.72. The predicted octanol–water partition coefficient (Wildman–Crippen LogP) is 5.56. The molecule has 0 radical (unpaired) electrons. The van der Waals surface area contributed by atoms with E-state index in [-0.39, 0.29) is 11.9 Å². The first kappa shape index (κ1) is 19.7. The zero-order chi connectivity index (χ0) is 18.2. The largest absolute Gasteiger partial charge is 0.494 e. The summed E-state index contributed by atoms with van der Waals surface area (Å²) in [6, 6.07) is 13.5. The lowest BCUT2D eigenvalue weighted by Crippen LogP contribution is -2.31. The summed E-state index contributed by atoms with van der Waals surface area (Å²) in [6.07, 6.45) is 0.905. The van der Waals surface area contributed by atoms with Gasteiger partial charge in [-0.1, -0.05) is 18.5 Å². The van der Waals surface area contributed by atoms with E-state index in [1.54, 1.807) is 11.8 Å². The molecule has 1 atom stereocenters. The van der Waals surface area contributed by atoms with E-state index in [1.807, 2.05) is 56.3 Å². The third-order valence-corrected chi connectivity index (χ3v) is 5.13. The third kappa shape index (κ3) is 5.98. The highest BCUT2D eigenvalue weighted by atomic mass is 35.5. The van der Waals surface area contributed by atoms with Crippen molar-refractivity contribution in [1.82, 2.24) is 5.32 Å². The molecule has 1 N–H and O–H groups in total. The minimum Gasteiger partial charge on any atom is -0.494 e. The lowest BCUT2D eigenvalue weighted by molar-refractivity contribution is 0.0939. The highest BCUT2D eigenvalue weighted by Crippen LogP contribution is 2.29. The van der Waals surface area contributed by atoms with Gasteiger partial charge < -0.3 is 10.1 Å². The standard InChI is InChI=1S/C20H24ClNO2S/c1-4-14(3)22-20(23)15-6-11-19(24-5-2)16(12-15)13-25-18-9-7-17(21)8-10-18/h6-12,14H,4-5,13H2,1-3H3,(H,22,23). The summed E-state index contributed by atoms with van der Waals surface area (Å²) >= 11 is 7.62. The molecule has 2 aromatic rings. The number of halogens is 1. The first-order valence-electron chi connectivity index (χ1n) is 8.48. The zero-order valence-corrected chi connectivity index (χ0v) is 16.4. The molecule has 0 fully saturated rings. The molecule has 0 aliphatic rings. The van der Waals surface area contributed by atoms with Crippen LogP contribution in [0.4, 0.5) is 0 Å². The molecule has 2 rings (SSSR count). The highest BCUT2D eigenvalue weighted by Gasteiger charge is 2.12. The fourth-order valence-electron chi connectivity index (χ4n) is 2.23. The van der Waals surface area contributed by atoms with Gasteiger partial charge in [-0.25, -0.2) is 0 Å². The van der Waals surface area contributed by atoms with Crippen molar-refractivity contribution >= 4 is 29.3 Å². The van der Waals surface area contributed by atoms with Gasteiger partial charge in [0.15, 0.2) is 0 Å². The summed E-state index contributed by atoms with van der Waals surface area (Å²) in [4.78, 5) is 13.5. The monoisotopic (exact) mass is 377 g/mol. The number of ether oxygens (including phenoxy) is 1. The van der Waals surface area contributed by atoms with Crippen LogP contribution in [0.5, 0.6) is 5.75 Å². The van der Waals surface area contributed by atoms with Crippen LogP contribution in [-0.4, -0.2) is 18.6 Å². The van der Waals surface area contributed by atoms with Crippen molar-refractivity contribution < 1.29 is 9.53 Å². The molecule has 0 heterocycles. The lowest BCUT2D eigenvalue weighted by Gasteiger charge is -2.14. The van der Waals surface area contributed by atoms with Gasteiger partial charge in [0, 0.05) is 32.8 Å². The molecule has 0 aromatic heterocycles. The Bertz CT molecular complexity index is 703. The quantitative estimate of drug-likeness (QED) is 0.612. The summed E-state index contributed by atoms with van der Waals surface area (Å²) in [5.41, 5.74) is 1.68. The Morgan fingerprint density at radius 3 is 2.56 bits per heavy atom. The average Bonchev–Trinajstić information content (AvgIpc) is 2.62. The molecule has 0 spiro atoms. The molecule has 0 aliphatic carbocycles. The maximum atomic E-state index is 12.4. The summed E-state index contributed by atoms with van der Waals surface area (Å²) in [6.45, 7) is 6.61. The van der Waals surface area contributed by atoms with Crippen LogP contribution in [0.15, 0.2) is 47.4 Å². The summed E-state index contributed by atoms with van der Waals surface area (Å²) in [5.74, 6) is 1.50. The fraction of sp³-hybridized carbons (Fsp3) is 0.350. The van der Waals surface area contributed by atoms with Crippen LogP contribution < -0.4 is 10.1 Å². The van der Waals surface area contributed by atoms with E-state index in [0.717, 1.165) is 33.4 Å². The van der Waals surface area contributed by atoms with Gasteiger partial charge in [-0.05, 0) is 62.7 Å². The molecule has 0 aliphatic heterocycles. The van der Waals surface area contributed by atoms with E-state index in [1.165, 1.54) is 0 Å². The van der Waals surface area contributed by atoms with Crippen LogP contribution in [-0.2, 0) is 5.75 Å². The van der Waals surface area contributed by atoms with Crippen molar-refractivity contribution in [2.24, 2.45) is 0 Å². The second kappa shape index (κ2) is 9.73. The van der Waals surface area contributed by atoms with Crippen molar-refractivity contribution in [3.63, 3.8) is 0 Å². The van der Waals surface area contributed by atoms with Gasteiger partial charge in [-0.3, -0.25) is 4.79 Å². The molecule has 1 amide bonds. The topological polar surface area (TPSA) is 38.3 Å². The Balaban J connectivity index is 2.16. The number of thioether (sulfide) groups is 1. The van der Waals surface area contributed by atoms with Crippen molar-refractivity contribution in [1.29, 1.82) is 0 Å². The van der Waals surface area contributed by atoms with Gasteiger partial charge in [0.05, 0.1) is 6.61 Å². The number of carbonyl (C=O) groups excluding carboxylic acids is 1. The minimum absolute atomic E-state index is 0.0462. The number of rotatable bonds is 8. The molecule has 2 aromatic carbocycles. The average molecular weight is 378 g/mol. The molecule has 25 heavy (non-hydrogen) atoms. The molecular formula is C20H24ClNO2S. The normalized spacial score (nSPS) is 11.8. The second-order valence-electron chi connectivity index (χ2n) is 5.78. The lowest BCUT2D eigenvalue weighted by atomic mass is 10.1. The second-order valence-corrected chi connectivity index (χ2v) is 7.27. The van der Waals surface area contributed by atoms with E-state index in [2.05, 4.69) is 12.2 Å². The maximum Gasteiger partial charge on any atom is 0.251 e. The van der Waals surface area contributed by atoms with Crippen LogP contribution in [0.3, 0.4) is 0 Å². The number of amides is 1. The molecule has 0 saturated heterocycles. The molecule has 1 unspecified atom stereocenters. The highest BCUT2D eigenvalue weighted by molar-refractivity contribution is 7.98. The van der Waals surface area contributed by atoms with Crippen molar-refractivity contribution in [3.8, 4) is 5.75 Å². The molecule has 0 saturated carbocycles. The number of benzene rings is 2. The van der Waals surface area contributed by atoms with E-state index >= 15 is 0 Å². The van der Waals surface area contributed by atoms with Crippen LogP contribution >= 0.6 is 23.4 Å². The van der Waals surface area contributed by atoms with Crippen LogP contribution in [0.1, 0.15) is 43.1 Å². The first-order valence-corrected chi connectivity index (χ1v) is 9.84. The van der Waals surface area contributed by atoms with Gasteiger partial charge in [-0.2, -0.15) is 0 Å². The zero-order valence-electron chi connectivity index (χ0n) is 14.8. The molecule has 0 bridgehead atoms. The van der Waals surface area contributed by atoms with E-state index < -0.39 is 0 Å². The Morgan fingerprint density at radius 1 is 1.20 bits per heavy atom. The summed E-state index contributed by atoms with van der Waals surface area (Å²) in [7, 11) is 0. The first-order chi connectivity index (χ1) is 12.0. The number of hydrogen-bond acceptors (Lipinski definition) is 3. The molecule has 5 heteroatoms. The van der Waals surface area contributed by atoms with Gasteiger partial charge in [-0.15, -0.1) is 11.8 Å². The van der Waals surface area contributed by atoms with Gasteiger partial charge >= 0.3 is 0 Å². The maximum absolute atomic E-state index is 12.4. The van der Waals surface area contributed by atoms with Crippen molar-refractivity contribution in [3.05, 3.63) is 58.6 Å². The van der Waals surface area contributed by atoms with Crippen LogP contribution in [0.25, 0.3) is 0 Å². The molecule has 3 nitrogen and oxygen atoms in total. The molecule has 134 valence electrons. The van der Waals surface area contributed by atoms with E-state index in [0.29, 0.717) is 12.2 Å². The van der Waals surface area contributed by atoms with Crippen LogP contribution in [0, 0.1) is 0 Å². The smallest absolute Gasteiger partial charge is 0.251 e. The van der Waals surface area contributed by atoms with Crippen molar-refractivity contribution in [2.75, 3.05) is 6.61 Å². The van der Waals surface area contributed by atoms with Gasteiger partial charge in [0.2, 0.25) is 0 Å². The fourth-order valence-corrected chi connectivity index (χ4v) is 3.23. The Kier molecular flexibility index (Phi) is 7.66. The molecular weight excluding hydrogens is 354 g/mol. The number of hydrogen-bond donors (Lipinski definition) is 1. The number of carbonyl (C=O) groups is 1.